The number of benzene rings is 1. The van der Waals surface area contributed by atoms with Gasteiger partial charge in [0.2, 0.25) is 23.4 Å². The Balaban J connectivity index is 3.26. The smallest absolute Gasteiger partial charge is 0.240 e. The van der Waals surface area contributed by atoms with E-state index >= 15 is 0 Å². The molecule has 5 nitrogen and oxygen atoms in total. The number of phenols is 1. The molecule has 20 heavy (non-hydrogen) atoms. The molecular formula is C11H10F4N2O3. The molecule has 4 N–H and O–H groups in total. The molecule has 0 saturated heterocycles. The van der Waals surface area contributed by atoms with E-state index in [1.165, 1.54) is 0 Å². The number of primary amides is 1. The zero-order valence-corrected chi connectivity index (χ0v) is 10.1. The van der Waals surface area contributed by atoms with Crippen molar-refractivity contribution in [3.63, 3.8) is 0 Å². The summed E-state index contributed by atoms with van der Waals surface area (Å²) in [6.45, 7) is 1.01. The highest BCUT2D eigenvalue weighted by molar-refractivity contribution is 5.85. The second-order valence-electron chi connectivity index (χ2n) is 3.94. The van der Waals surface area contributed by atoms with Gasteiger partial charge < -0.3 is 16.2 Å². The van der Waals surface area contributed by atoms with Crippen LogP contribution >= 0.6 is 0 Å². The van der Waals surface area contributed by atoms with Crippen molar-refractivity contribution in [3.8, 4) is 5.75 Å². The van der Waals surface area contributed by atoms with E-state index < -0.39 is 58.9 Å². The van der Waals surface area contributed by atoms with Gasteiger partial charge >= 0.3 is 0 Å². The molecule has 0 aliphatic rings. The summed E-state index contributed by atoms with van der Waals surface area (Å²) in [7, 11) is 0. The highest BCUT2D eigenvalue weighted by Gasteiger charge is 2.28. The third kappa shape index (κ3) is 2.98. The maximum Gasteiger partial charge on any atom is 0.240 e. The van der Waals surface area contributed by atoms with Crippen LogP contribution in [-0.4, -0.2) is 23.0 Å². The Bertz CT molecular complexity index is 548. The molecular weight excluding hydrogens is 284 g/mol. The molecule has 0 aliphatic carbocycles. The zero-order chi connectivity index (χ0) is 15.6. The Morgan fingerprint density at radius 3 is 1.95 bits per heavy atom. The third-order valence-electron chi connectivity index (χ3n) is 2.46. The van der Waals surface area contributed by atoms with E-state index in [1.54, 1.807) is 0 Å². The average Bonchev–Trinajstić information content (AvgIpc) is 2.37. The first-order chi connectivity index (χ1) is 9.16. The van der Waals surface area contributed by atoms with Crippen LogP contribution in [-0.2, 0) is 16.0 Å². The second-order valence-corrected chi connectivity index (χ2v) is 3.94. The minimum atomic E-state index is -2.00. The monoisotopic (exact) mass is 294 g/mol. The van der Waals surface area contributed by atoms with Crippen molar-refractivity contribution in [1.29, 1.82) is 0 Å². The molecule has 2 amide bonds. The maximum atomic E-state index is 13.5. The molecule has 0 saturated carbocycles. The SMILES string of the molecule is CC(=O)N[C@@H](Cc1c(F)c(F)c(O)c(F)c1F)C(N)=O. The second kappa shape index (κ2) is 5.76. The molecule has 0 heterocycles. The number of carbonyl (C=O) groups is 2. The van der Waals surface area contributed by atoms with E-state index in [4.69, 9.17) is 10.8 Å². The van der Waals surface area contributed by atoms with E-state index in [1.807, 2.05) is 5.32 Å². The minimum Gasteiger partial charge on any atom is -0.503 e. The molecule has 0 aliphatic heterocycles. The molecule has 0 fully saturated rings. The Morgan fingerprint density at radius 1 is 1.15 bits per heavy atom. The number of hydrogen-bond donors (Lipinski definition) is 3. The van der Waals surface area contributed by atoms with E-state index in [0.29, 0.717) is 0 Å². The number of amides is 2. The quantitative estimate of drug-likeness (QED) is 0.557. The summed E-state index contributed by atoms with van der Waals surface area (Å²) < 4.78 is 53.1. The van der Waals surface area contributed by atoms with Gasteiger partial charge in [-0.05, 0) is 0 Å². The first kappa shape index (κ1) is 15.7. The molecule has 0 radical (unpaired) electrons. The molecule has 110 valence electrons. The summed E-state index contributed by atoms with van der Waals surface area (Å²) in [6.07, 6.45) is -0.902. The van der Waals surface area contributed by atoms with Gasteiger partial charge in [-0.3, -0.25) is 9.59 Å². The topological polar surface area (TPSA) is 92.4 Å². The maximum absolute atomic E-state index is 13.5. The fourth-order valence-corrected chi connectivity index (χ4v) is 1.52. The van der Waals surface area contributed by atoms with Crippen molar-refractivity contribution < 1.29 is 32.3 Å². The van der Waals surface area contributed by atoms with Crippen LogP contribution in [0.1, 0.15) is 12.5 Å². The number of aromatic hydroxyl groups is 1. The molecule has 0 aromatic heterocycles. The molecule has 1 rings (SSSR count). The Morgan fingerprint density at radius 2 is 1.60 bits per heavy atom. The summed E-state index contributed by atoms with van der Waals surface area (Å²) in [5.41, 5.74) is 3.76. The van der Waals surface area contributed by atoms with Crippen LogP contribution < -0.4 is 11.1 Å². The molecule has 9 heteroatoms. The number of phenolic OH excluding ortho intramolecular Hbond substituents is 1. The van der Waals surface area contributed by atoms with Crippen LogP contribution in [0.3, 0.4) is 0 Å². The summed E-state index contributed by atoms with van der Waals surface area (Å²) in [6, 6.07) is -1.56. The fraction of sp³-hybridized carbons (Fsp3) is 0.273. The van der Waals surface area contributed by atoms with E-state index in [-0.39, 0.29) is 0 Å². The number of nitrogens with two attached hydrogens (primary N) is 1. The third-order valence-corrected chi connectivity index (χ3v) is 2.46. The molecule has 0 bridgehead atoms. The normalized spacial score (nSPS) is 12.1. The van der Waals surface area contributed by atoms with Gasteiger partial charge in [0.05, 0.1) is 0 Å². The van der Waals surface area contributed by atoms with Gasteiger partial charge in [0.15, 0.2) is 17.4 Å². The van der Waals surface area contributed by atoms with E-state index in [9.17, 15) is 27.2 Å². The van der Waals surface area contributed by atoms with Crippen LogP contribution in [0.4, 0.5) is 17.6 Å². The van der Waals surface area contributed by atoms with Gasteiger partial charge in [-0.2, -0.15) is 8.78 Å². The van der Waals surface area contributed by atoms with Crippen molar-refractivity contribution in [2.24, 2.45) is 5.73 Å². The number of halogens is 4. The lowest BCUT2D eigenvalue weighted by Crippen LogP contribution is -2.45. The fourth-order valence-electron chi connectivity index (χ4n) is 1.52. The predicted octanol–water partition coefficient (Wildman–Crippen LogP) is 0.481. The van der Waals surface area contributed by atoms with Gasteiger partial charge in [-0.1, -0.05) is 0 Å². The molecule has 1 aromatic carbocycles. The molecule has 0 spiro atoms. The van der Waals surface area contributed by atoms with Crippen molar-refractivity contribution in [2.75, 3.05) is 0 Å². The molecule has 0 unspecified atom stereocenters. The Hall–Kier alpha value is -2.32. The first-order valence-corrected chi connectivity index (χ1v) is 5.27. The van der Waals surface area contributed by atoms with Gasteiger partial charge in [0, 0.05) is 18.9 Å². The first-order valence-electron chi connectivity index (χ1n) is 5.27. The van der Waals surface area contributed by atoms with Crippen LogP contribution in [0.15, 0.2) is 0 Å². The van der Waals surface area contributed by atoms with Crippen molar-refractivity contribution in [3.05, 3.63) is 28.8 Å². The summed E-state index contributed by atoms with van der Waals surface area (Å²) in [5, 5.41) is 10.8. The van der Waals surface area contributed by atoms with Crippen LogP contribution in [0.5, 0.6) is 5.75 Å². The summed E-state index contributed by atoms with van der Waals surface area (Å²) in [4.78, 5) is 21.8. The van der Waals surface area contributed by atoms with Gasteiger partial charge in [0.1, 0.15) is 6.04 Å². The molecule has 1 atom stereocenters. The lowest BCUT2D eigenvalue weighted by molar-refractivity contribution is -0.126. The van der Waals surface area contributed by atoms with Crippen molar-refractivity contribution in [1.82, 2.24) is 5.32 Å². The lowest BCUT2D eigenvalue weighted by atomic mass is 10.0. The largest absolute Gasteiger partial charge is 0.503 e. The number of rotatable bonds is 4. The minimum absolute atomic E-state index is 0.727. The summed E-state index contributed by atoms with van der Waals surface area (Å²) >= 11 is 0. The predicted molar refractivity (Wildman–Crippen MR) is 58.4 cm³/mol. The van der Waals surface area contributed by atoms with E-state index in [0.717, 1.165) is 6.92 Å². The number of hydrogen-bond acceptors (Lipinski definition) is 3. The Kier molecular flexibility index (Phi) is 4.53. The molecule has 1 aromatic rings. The lowest BCUT2D eigenvalue weighted by Gasteiger charge is -2.16. The highest BCUT2D eigenvalue weighted by Crippen LogP contribution is 2.29. The van der Waals surface area contributed by atoms with Crippen molar-refractivity contribution >= 4 is 11.8 Å². The zero-order valence-electron chi connectivity index (χ0n) is 10.1. The van der Waals surface area contributed by atoms with Gasteiger partial charge in [-0.25, -0.2) is 8.78 Å². The Labute approximate surface area is 110 Å². The average molecular weight is 294 g/mol. The summed E-state index contributed by atoms with van der Waals surface area (Å²) in [5.74, 6) is -11.4. The van der Waals surface area contributed by atoms with E-state index in [2.05, 4.69) is 0 Å². The van der Waals surface area contributed by atoms with Crippen LogP contribution in [0.25, 0.3) is 0 Å². The van der Waals surface area contributed by atoms with Crippen LogP contribution in [0.2, 0.25) is 0 Å². The van der Waals surface area contributed by atoms with Crippen molar-refractivity contribution in [2.45, 2.75) is 19.4 Å². The van der Waals surface area contributed by atoms with Gasteiger partial charge in [-0.15, -0.1) is 0 Å². The standard InChI is InChI=1S/C11H10F4N2O3/c1-3(18)17-5(11(16)20)2-4-6(12)8(14)10(19)9(15)7(4)13/h5,19H,2H2,1H3,(H2,16,20)(H,17,18)/t5-/m0/s1. The number of carbonyl (C=O) groups excluding carboxylic acids is 2. The van der Waals surface area contributed by atoms with Gasteiger partial charge in [0.25, 0.3) is 0 Å². The van der Waals surface area contributed by atoms with Crippen LogP contribution in [0, 0.1) is 23.3 Å². The number of nitrogens with one attached hydrogen (secondary N) is 1. The highest BCUT2D eigenvalue weighted by atomic mass is 19.2.